The van der Waals surface area contributed by atoms with Crippen molar-refractivity contribution in [1.82, 2.24) is 19.9 Å². The van der Waals surface area contributed by atoms with E-state index in [0.717, 1.165) is 54.6 Å². The second-order valence-electron chi connectivity index (χ2n) is 8.65. The van der Waals surface area contributed by atoms with Gasteiger partial charge < -0.3 is 10.1 Å². The van der Waals surface area contributed by atoms with Gasteiger partial charge in [0.15, 0.2) is 0 Å². The van der Waals surface area contributed by atoms with Gasteiger partial charge in [0.05, 0.1) is 13.0 Å². The van der Waals surface area contributed by atoms with Crippen LogP contribution in [0.3, 0.4) is 0 Å². The Balaban J connectivity index is 1.42. The highest BCUT2D eigenvalue weighted by atomic mass is 19.3. The number of carbonyl (C=O) groups excluding carboxylic acids is 1. The van der Waals surface area contributed by atoms with E-state index in [2.05, 4.69) is 25.3 Å². The highest BCUT2D eigenvalue weighted by molar-refractivity contribution is 5.72. The summed E-state index contributed by atoms with van der Waals surface area (Å²) in [7, 11) is 1.44. The van der Waals surface area contributed by atoms with E-state index in [4.69, 9.17) is 4.74 Å². The van der Waals surface area contributed by atoms with E-state index in [9.17, 15) is 13.6 Å². The smallest absolute Gasteiger partial charge is 0.308 e. The van der Waals surface area contributed by atoms with Crippen molar-refractivity contribution in [3.05, 3.63) is 59.9 Å². The van der Waals surface area contributed by atoms with E-state index in [-0.39, 0.29) is 23.5 Å². The number of methoxy groups -OCH3 is 1. The van der Waals surface area contributed by atoms with Crippen molar-refractivity contribution in [2.24, 2.45) is 11.8 Å². The number of ether oxygens (including phenoxy) is 1. The van der Waals surface area contributed by atoms with Crippen molar-refractivity contribution >= 4 is 17.6 Å². The molecule has 0 saturated heterocycles. The van der Waals surface area contributed by atoms with Gasteiger partial charge in [-0.2, -0.15) is 0 Å². The lowest BCUT2D eigenvalue weighted by Gasteiger charge is -2.26. The molecule has 2 heterocycles. The van der Waals surface area contributed by atoms with Crippen molar-refractivity contribution in [2.75, 3.05) is 12.4 Å². The number of hydrogen-bond acceptors (Lipinski definition) is 7. The minimum atomic E-state index is -2.66. The number of carbonyl (C=O) groups is 1. The van der Waals surface area contributed by atoms with Gasteiger partial charge >= 0.3 is 5.97 Å². The van der Waals surface area contributed by atoms with Crippen molar-refractivity contribution in [3.63, 3.8) is 0 Å². The van der Waals surface area contributed by atoms with Crippen LogP contribution in [-0.4, -0.2) is 33.0 Å². The fourth-order valence-electron chi connectivity index (χ4n) is 4.34. The molecule has 7 nitrogen and oxygen atoms in total. The summed E-state index contributed by atoms with van der Waals surface area (Å²) < 4.78 is 30.7. The summed E-state index contributed by atoms with van der Waals surface area (Å²) in [6.07, 6.45) is 6.66. The Morgan fingerprint density at radius 1 is 1.09 bits per heavy atom. The summed E-state index contributed by atoms with van der Waals surface area (Å²) in [4.78, 5) is 28.7. The Morgan fingerprint density at radius 2 is 1.82 bits per heavy atom. The molecule has 1 aliphatic rings. The second-order valence-corrected chi connectivity index (χ2v) is 8.65. The first kappa shape index (κ1) is 23.7. The van der Waals surface area contributed by atoms with Gasteiger partial charge in [-0.1, -0.05) is 6.07 Å². The number of alkyl halides is 2. The largest absolute Gasteiger partial charge is 0.469 e. The highest BCUT2D eigenvalue weighted by Gasteiger charge is 2.27. The van der Waals surface area contributed by atoms with Gasteiger partial charge in [-0.3, -0.25) is 4.79 Å². The van der Waals surface area contributed by atoms with Crippen LogP contribution in [-0.2, 0) is 16.0 Å². The molecular formula is C25H27F2N5O2. The minimum absolute atomic E-state index is 0.0110. The van der Waals surface area contributed by atoms with Crippen molar-refractivity contribution in [3.8, 4) is 11.1 Å². The Morgan fingerprint density at radius 3 is 2.50 bits per heavy atom. The first-order valence-electron chi connectivity index (χ1n) is 11.3. The number of aromatic nitrogens is 4. The number of benzene rings is 1. The van der Waals surface area contributed by atoms with Gasteiger partial charge in [0.1, 0.15) is 11.5 Å². The van der Waals surface area contributed by atoms with E-state index in [1.54, 1.807) is 12.4 Å². The maximum Gasteiger partial charge on any atom is 0.308 e. The normalized spacial score (nSPS) is 18.0. The summed E-state index contributed by atoms with van der Waals surface area (Å²) >= 11 is 0. The third-order valence-corrected chi connectivity index (χ3v) is 6.13. The van der Waals surface area contributed by atoms with Gasteiger partial charge in [0.2, 0.25) is 5.95 Å². The fourth-order valence-corrected chi connectivity index (χ4v) is 4.34. The van der Waals surface area contributed by atoms with Crippen LogP contribution in [0.5, 0.6) is 0 Å². The first-order chi connectivity index (χ1) is 16.4. The molecule has 0 spiro atoms. The molecule has 0 unspecified atom stereocenters. The molecule has 1 aromatic carbocycles. The summed E-state index contributed by atoms with van der Waals surface area (Å²) in [5.41, 5.74) is 3.10. The van der Waals surface area contributed by atoms with E-state index < -0.39 is 6.43 Å². The Bertz CT molecular complexity index is 1130. The zero-order valence-electron chi connectivity index (χ0n) is 19.2. The molecule has 178 valence electrons. The summed E-state index contributed by atoms with van der Waals surface area (Å²) in [5.74, 6) is 1.26. The Kier molecular flexibility index (Phi) is 7.40. The number of rotatable bonds is 7. The van der Waals surface area contributed by atoms with Gasteiger partial charge in [0, 0.05) is 36.3 Å². The van der Waals surface area contributed by atoms with Gasteiger partial charge in [-0.15, -0.1) is 0 Å². The third-order valence-electron chi connectivity index (χ3n) is 6.13. The lowest BCUT2D eigenvalue weighted by Crippen LogP contribution is -2.24. The number of nitrogens with zero attached hydrogens (tertiary/aromatic N) is 4. The van der Waals surface area contributed by atoms with Gasteiger partial charge in [0.25, 0.3) is 6.43 Å². The number of halogens is 2. The third kappa shape index (κ3) is 5.89. The molecule has 3 aromatic rings. The van der Waals surface area contributed by atoms with E-state index in [0.29, 0.717) is 11.6 Å². The number of hydrogen-bond donors (Lipinski definition) is 1. The van der Waals surface area contributed by atoms with Crippen molar-refractivity contribution in [1.29, 1.82) is 0 Å². The van der Waals surface area contributed by atoms with Gasteiger partial charge in [-0.25, -0.2) is 28.7 Å². The molecule has 2 aromatic heterocycles. The lowest BCUT2D eigenvalue weighted by atomic mass is 9.80. The number of nitrogens with one attached hydrogen (secondary N) is 1. The van der Waals surface area contributed by atoms with E-state index in [1.165, 1.54) is 19.4 Å². The molecule has 1 N–H and O–H groups in total. The topological polar surface area (TPSA) is 89.9 Å². The van der Waals surface area contributed by atoms with Crippen molar-refractivity contribution < 1.29 is 18.3 Å². The molecule has 4 rings (SSSR count). The Labute approximate surface area is 197 Å². The molecule has 34 heavy (non-hydrogen) atoms. The van der Waals surface area contributed by atoms with Gasteiger partial charge in [-0.05, 0) is 67.9 Å². The molecule has 1 fully saturated rings. The minimum Gasteiger partial charge on any atom is -0.469 e. The number of anilines is 2. The number of aryl methyl sites for hydroxylation is 1. The van der Waals surface area contributed by atoms with Crippen LogP contribution in [0.15, 0.2) is 42.9 Å². The quantitative estimate of drug-likeness (QED) is 0.463. The monoisotopic (exact) mass is 467 g/mol. The molecule has 1 saturated carbocycles. The maximum atomic E-state index is 12.9. The van der Waals surface area contributed by atoms with Crippen LogP contribution in [0.4, 0.5) is 20.4 Å². The van der Waals surface area contributed by atoms with Crippen LogP contribution in [0.25, 0.3) is 11.1 Å². The van der Waals surface area contributed by atoms with Crippen LogP contribution < -0.4 is 5.32 Å². The zero-order valence-corrected chi connectivity index (χ0v) is 19.2. The molecule has 0 radical (unpaired) electrons. The van der Waals surface area contributed by atoms with Crippen LogP contribution >= 0.6 is 0 Å². The summed E-state index contributed by atoms with van der Waals surface area (Å²) in [6.45, 7) is 1.95. The average Bonchev–Trinajstić information content (AvgIpc) is 2.84. The predicted octanol–water partition coefficient (Wildman–Crippen LogP) is 5.45. The molecule has 0 bridgehead atoms. The van der Waals surface area contributed by atoms with E-state index >= 15 is 0 Å². The van der Waals surface area contributed by atoms with Crippen LogP contribution in [0.2, 0.25) is 0 Å². The van der Waals surface area contributed by atoms with Crippen molar-refractivity contribution in [2.45, 2.75) is 45.5 Å². The predicted molar refractivity (Wildman–Crippen MR) is 124 cm³/mol. The molecule has 1 aliphatic carbocycles. The van der Waals surface area contributed by atoms with E-state index in [1.807, 2.05) is 25.1 Å². The molecule has 0 atom stereocenters. The average molecular weight is 468 g/mol. The SMILES string of the molecule is COC(=O)C1CCC(Cc2ncc(-c3cc(C)cc(Nc4nccc(C(F)F)n4)c3)cn2)CC1. The van der Waals surface area contributed by atoms with Crippen LogP contribution in [0.1, 0.15) is 49.2 Å². The Hall–Kier alpha value is -3.49. The summed E-state index contributed by atoms with van der Waals surface area (Å²) in [6, 6.07) is 6.98. The summed E-state index contributed by atoms with van der Waals surface area (Å²) in [5, 5.41) is 3.00. The maximum absolute atomic E-state index is 12.9. The second kappa shape index (κ2) is 10.6. The van der Waals surface area contributed by atoms with Crippen LogP contribution in [0, 0.1) is 18.8 Å². The fraction of sp³-hybridized carbons (Fsp3) is 0.400. The number of esters is 1. The molecule has 0 aliphatic heterocycles. The molecule has 0 amide bonds. The lowest BCUT2D eigenvalue weighted by molar-refractivity contribution is -0.146. The standard InChI is InChI=1S/C25H27F2N5O2/c1-15-9-18(12-20(10-15)31-25-28-8-7-21(32-25)23(26)27)19-13-29-22(30-14-19)11-16-3-5-17(6-4-16)24(33)34-2/h7-10,12-14,16-17,23H,3-6,11H2,1-2H3,(H,28,31,32). The first-order valence-corrected chi connectivity index (χ1v) is 11.3. The zero-order chi connectivity index (χ0) is 24.1. The highest BCUT2D eigenvalue weighted by Crippen LogP contribution is 2.31. The molecular weight excluding hydrogens is 440 g/mol. The molecule has 9 heteroatoms.